The molecule has 0 saturated heterocycles. The van der Waals surface area contributed by atoms with Gasteiger partial charge < -0.3 is 8.98 Å². The van der Waals surface area contributed by atoms with Crippen LogP contribution in [0.4, 0.5) is 0 Å². The van der Waals surface area contributed by atoms with Gasteiger partial charge in [-0.25, -0.2) is 4.98 Å². The van der Waals surface area contributed by atoms with E-state index in [2.05, 4.69) is 73.2 Å². The van der Waals surface area contributed by atoms with Gasteiger partial charge in [0.25, 0.3) is 0 Å². The third kappa shape index (κ3) is 6.50. The molecule has 8 heteroatoms. The predicted octanol–water partition coefficient (Wildman–Crippen LogP) is 9.20. The van der Waals surface area contributed by atoms with Gasteiger partial charge in [0.15, 0.2) is 0 Å². The fourth-order valence-corrected chi connectivity index (χ4v) is 7.81. The number of para-hydroxylation sites is 1. The van der Waals surface area contributed by atoms with Crippen LogP contribution < -0.4 is 4.40 Å². The molecule has 0 fully saturated rings. The summed E-state index contributed by atoms with van der Waals surface area (Å²) >= 11 is -1.83. The Bertz CT molecular complexity index is 2420. The first kappa shape index (κ1) is 29.7. The normalized spacial score (nSPS) is 12.6. The van der Waals surface area contributed by atoms with Crippen LogP contribution in [0.5, 0.6) is 0 Å². The largest absolute Gasteiger partial charge is 0 e. The number of hydrogen-bond acceptors (Lipinski definition) is 5. The molecule has 0 amide bonds. The maximum Gasteiger partial charge on any atom is 0 e. The molecule has 5 heterocycles. The standard InChI is InChI=1S/C25H17N4O.C15H18GeN.Ir/c1-15-11-12-19-18-9-6-10-20(23(18)30-25(19)27-15)24-28-21-13-14-26-16(2)22(21)29(24)17-7-4-3-5-8-17;1-12-5-7-13(8-6-12)15-10-9-14(11-17-15)16(2,3)4;/h3-9,11-14H,1-2H3;5-7,9-11H,1-4H3;/q2*-1;/i;1D3;. The van der Waals surface area contributed by atoms with Gasteiger partial charge in [-0.2, -0.15) is 0 Å². The molecule has 0 aliphatic heterocycles. The smallest absolute Gasteiger partial charge is 0 e. The summed E-state index contributed by atoms with van der Waals surface area (Å²) in [5.74, 6) is 7.75. The zero-order valence-corrected chi connectivity index (χ0v) is 31.8. The van der Waals surface area contributed by atoms with Crippen molar-refractivity contribution < 1.29 is 28.6 Å². The number of aromatic nitrogens is 5. The number of hydrogen-bond donors (Lipinski definition) is 0. The minimum atomic E-state index is -2.08. The molecule has 0 N–H and O–H groups in total. The number of fused-ring (bicyclic) bond motifs is 4. The minimum Gasteiger partial charge on any atom is 0 e. The molecule has 3 aromatic carbocycles. The molecule has 1 radical (unpaired) electrons. The van der Waals surface area contributed by atoms with Crippen LogP contribution in [0.15, 0.2) is 108 Å². The van der Waals surface area contributed by atoms with Crippen molar-refractivity contribution in [3.63, 3.8) is 0 Å². The van der Waals surface area contributed by atoms with Gasteiger partial charge in [-0.1, -0.05) is 29.1 Å². The Labute approximate surface area is 301 Å². The number of benzene rings is 3. The number of imidazole rings is 1. The molecule has 48 heavy (non-hydrogen) atoms. The van der Waals surface area contributed by atoms with Gasteiger partial charge in [-0.3, -0.25) is 9.97 Å². The molecule has 0 unspecified atom stereocenters. The number of rotatable bonds is 4. The molecule has 8 rings (SSSR count). The van der Waals surface area contributed by atoms with Crippen LogP contribution in [0.2, 0.25) is 17.3 Å². The Kier molecular flexibility index (Phi) is 8.41. The fourth-order valence-electron chi connectivity index (χ4n) is 5.64. The van der Waals surface area contributed by atoms with E-state index in [0.29, 0.717) is 11.3 Å². The molecule has 6 nitrogen and oxygen atoms in total. The summed E-state index contributed by atoms with van der Waals surface area (Å²) in [6.45, 7) is 1.89. The van der Waals surface area contributed by atoms with Crippen LogP contribution in [-0.2, 0) is 20.1 Å². The maximum atomic E-state index is 7.35. The summed E-state index contributed by atoms with van der Waals surface area (Å²) in [5, 5.41) is 2.00. The summed E-state index contributed by atoms with van der Waals surface area (Å²) in [4.78, 5) is 18.5. The molecule has 241 valence electrons. The van der Waals surface area contributed by atoms with Crippen molar-refractivity contribution >= 4 is 50.8 Å². The van der Waals surface area contributed by atoms with Gasteiger partial charge in [-0.05, 0) is 44.2 Å². The molecule has 0 atom stereocenters. The first-order valence-electron chi connectivity index (χ1n) is 17.0. The van der Waals surface area contributed by atoms with Crippen molar-refractivity contribution in [2.75, 3.05) is 0 Å². The molecule has 0 spiro atoms. The predicted molar refractivity (Wildman–Crippen MR) is 194 cm³/mol. The van der Waals surface area contributed by atoms with E-state index in [-0.39, 0.29) is 20.1 Å². The monoisotopic (exact) mass is 871 g/mol. The third-order valence-corrected chi connectivity index (χ3v) is 12.4. The summed E-state index contributed by atoms with van der Waals surface area (Å²) in [6, 6.07) is 35.6. The molecule has 0 aliphatic rings. The minimum absolute atomic E-state index is 0. The average Bonchev–Trinajstić information content (AvgIpc) is 3.67. The second kappa shape index (κ2) is 13.6. The van der Waals surface area contributed by atoms with E-state index >= 15 is 0 Å². The van der Waals surface area contributed by atoms with Crippen molar-refractivity contribution in [2.24, 2.45) is 0 Å². The zero-order valence-electron chi connectivity index (χ0n) is 30.3. The Hall–Kier alpha value is -4.43. The van der Waals surface area contributed by atoms with Crippen LogP contribution in [-0.4, -0.2) is 37.8 Å². The molecule has 0 saturated carbocycles. The first-order valence-corrected chi connectivity index (χ1v) is 22.8. The zero-order chi connectivity index (χ0) is 35.2. The number of aryl methyl sites for hydroxylation is 3. The van der Waals surface area contributed by atoms with E-state index in [1.807, 2.05) is 68.6 Å². The van der Waals surface area contributed by atoms with Crippen LogP contribution >= 0.6 is 0 Å². The van der Waals surface area contributed by atoms with Crippen molar-refractivity contribution in [2.45, 2.75) is 38.0 Å². The molecule has 0 aliphatic carbocycles. The SMILES string of the molecule is Cc1ccc2c(n1)oc1c(-c3nc4ccnc(C)c4n3-c3ccccc3)[c-]ccc12.[2H]C([2H])([2H])c1c[c-]c(-c2cc[c]([Ge]([CH3])([CH3])[CH3])cn2)cc1.[Ir]. The van der Waals surface area contributed by atoms with Gasteiger partial charge >= 0.3 is 110 Å². The quantitative estimate of drug-likeness (QED) is 0.130. The summed E-state index contributed by atoms with van der Waals surface area (Å²) in [7, 11) is 0. The average molecular weight is 870 g/mol. The summed E-state index contributed by atoms with van der Waals surface area (Å²) < 4.78 is 31.8. The van der Waals surface area contributed by atoms with Crippen molar-refractivity contribution in [1.82, 2.24) is 24.5 Å². The fraction of sp³-hybridized carbons (Fsp3) is 0.150. The maximum absolute atomic E-state index is 7.35. The van der Waals surface area contributed by atoms with E-state index in [0.717, 1.165) is 67.1 Å². The van der Waals surface area contributed by atoms with E-state index in [1.54, 1.807) is 18.3 Å². The van der Waals surface area contributed by atoms with E-state index in [4.69, 9.17) is 13.5 Å². The first-order chi connectivity index (χ1) is 23.9. The van der Waals surface area contributed by atoms with E-state index < -0.39 is 20.1 Å². The van der Waals surface area contributed by atoms with Crippen LogP contribution in [0.3, 0.4) is 0 Å². The second-order valence-electron chi connectivity index (χ2n) is 12.5. The van der Waals surface area contributed by atoms with Crippen LogP contribution in [0, 0.1) is 32.8 Å². The second-order valence-corrected chi connectivity index (χ2v) is 23.2. The molecule has 5 aromatic heterocycles. The van der Waals surface area contributed by atoms with Gasteiger partial charge in [-0.15, -0.1) is 18.2 Å². The number of nitrogens with zero attached hydrogens (tertiary/aromatic N) is 5. The molecule has 8 aromatic rings. The number of pyridine rings is 3. The molecular weight excluding hydrogens is 831 g/mol. The van der Waals surface area contributed by atoms with Crippen LogP contribution in [0.25, 0.3) is 61.4 Å². The Morgan fingerprint density at radius 2 is 1.67 bits per heavy atom. The van der Waals surface area contributed by atoms with Crippen LogP contribution in [0.1, 0.15) is 21.1 Å². The Balaban J connectivity index is 0.000000188. The van der Waals surface area contributed by atoms with Crippen molar-refractivity contribution in [3.05, 3.63) is 132 Å². The van der Waals surface area contributed by atoms with Crippen molar-refractivity contribution in [3.8, 4) is 28.3 Å². The van der Waals surface area contributed by atoms with Gasteiger partial charge in [0.05, 0.1) is 28.1 Å². The topological polar surface area (TPSA) is 69.6 Å². The van der Waals surface area contributed by atoms with Gasteiger partial charge in [0.2, 0.25) is 5.71 Å². The third-order valence-electron chi connectivity index (χ3n) is 8.14. The summed E-state index contributed by atoms with van der Waals surface area (Å²) in [5.41, 5.74) is 8.87. The molecule has 0 bridgehead atoms. The van der Waals surface area contributed by atoms with E-state index in [9.17, 15) is 0 Å². The van der Waals surface area contributed by atoms with E-state index in [1.165, 1.54) is 10.5 Å². The Morgan fingerprint density at radius 1 is 0.833 bits per heavy atom. The number of furan rings is 1. The Morgan fingerprint density at radius 3 is 2.38 bits per heavy atom. The van der Waals surface area contributed by atoms with Gasteiger partial charge in [0.1, 0.15) is 0 Å². The van der Waals surface area contributed by atoms with Gasteiger partial charge in [0, 0.05) is 43.1 Å². The van der Waals surface area contributed by atoms with Crippen molar-refractivity contribution in [1.29, 1.82) is 0 Å². The molecular formula is C40H35GeIrN5O-2. The summed E-state index contributed by atoms with van der Waals surface area (Å²) in [6.07, 6.45) is 3.74.